The molecule has 7 nitrogen and oxygen atoms in total. The van der Waals surface area contributed by atoms with Gasteiger partial charge in [0.25, 0.3) is 0 Å². The van der Waals surface area contributed by atoms with Crippen LogP contribution in [0.1, 0.15) is 44.7 Å². The molecule has 1 heterocycles. The standard InChI is InChI=1S/C19H30F2N4O3S.HI/c1-3-22-19(25-14(2)17-8-7-15(20)12-18(17)21)23-9-11-29(26,27)24-13-16-6-4-5-10-28-16;/h7-8,12,14,16,24H,3-6,9-11,13H2,1-2H3,(H2,22,23,25);1H. The van der Waals surface area contributed by atoms with Crippen molar-refractivity contribution in [2.24, 2.45) is 4.99 Å². The smallest absolute Gasteiger partial charge is 0.213 e. The Balaban J connectivity index is 0.00000450. The Bertz CT molecular complexity index is 790. The first-order chi connectivity index (χ1) is 13.8. The van der Waals surface area contributed by atoms with Crippen LogP contribution in [0, 0.1) is 11.6 Å². The lowest BCUT2D eigenvalue weighted by atomic mass is 10.1. The number of nitrogens with one attached hydrogen (secondary N) is 3. The summed E-state index contributed by atoms with van der Waals surface area (Å²) in [4.78, 5) is 4.25. The second-order valence-corrected chi connectivity index (χ2v) is 8.87. The number of halogens is 3. The maximum absolute atomic E-state index is 13.9. The summed E-state index contributed by atoms with van der Waals surface area (Å²) in [6.45, 7) is 5.10. The van der Waals surface area contributed by atoms with Crippen molar-refractivity contribution >= 4 is 40.0 Å². The highest BCUT2D eigenvalue weighted by atomic mass is 127. The summed E-state index contributed by atoms with van der Waals surface area (Å²) >= 11 is 0. The van der Waals surface area contributed by atoms with E-state index in [1.807, 2.05) is 6.92 Å². The van der Waals surface area contributed by atoms with Crippen molar-refractivity contribution in [3.8, 4) is 0 Å². The van der Waals surface area contributed by atoms with E-state index < -0.39 is 27.7 Å². The summed E-state index contributed by atoms with van der Waals surface area (Å²) in [5.41, 5.74) is 0.291. The van der Waals surface area contributed by atoms with Crippen molar-refractivity contribution in [1.29, 1.82) is 0 Å². The van der Waals surface area contributed by atoms with Gasteiger partial charge in [0.2, 0.25) is 10.0 Å². The van der Waals surface area contributed by atoms with Crippen molar-refractivity contribution in [1.82, 2.24) is 15.4 Å². The van der Waals surface area contributed by atoms with Crippen LogP contribution in [0.2, 0.25) is 0 Å². The second-order valence-electron chi connectivity index (χ2n) is 6.95. The number of aliphatic imine (C=N–C) groups is 1. The highest BCUT2D eigenvalue weighted by Gasteiger charge is 2.18. The molecule has 0 bridgehead atoms. The number of guanidine groups is 1. The van der Waals surface area contributed by atoms with Crippen molar-refractivity contribution in [2.45, 2.75) is 45.3 Å². The van der Waals surface area contributed by atoms with Crippen LogP contribution in [-0.4, -0.2) is 52.5 Å². The fourth-order valence-electron chi connectivity index (χ4n) is 2.99. The molecule has 1 saturated heterocycles. The molecule has 30 heavy (non-hydrogen) atoms. The lowest BCUT2D eigenvalue weighted by molar-refractivity contribution is 0.0200. The van der Waals surface area contributed by atoms with E-state index in [-0.39, 0.29) is 48.9 Å². The average molecular weight is 560 g/mol. The predicted octanol–water partition coefficient (Wildman–Crippen LogP) is 2.69. The van der Waals surface area contributed by atoms with E-state index in [1.54, 1.807) is 6.92 Å². The summed E-state index contributed by atoms with van der Waals surface area (Å²) in [6.07, 6.45) is 2.83. The SMILES string of the molecule is CCNC(=NCCS(=O)(=O)NCC1CCCCO1)NC(C)c1ccc(F)cc1F.I. The van der Waals surface area contributed by atoms with Gasteiger partial charge < -0.3 is 15.4 Å². The molecule has 1 aliphatic rings. The minimum atomic E-state index is -3.48. The molecule has 0 aliphatic carbocycles. The molecule has 0 spiro atoms. The number of sulfonamides is 1. The Morgan fingerprint density at radius 3 is 2.73 bits per heavy atom. The van der Waals surface area contributed by atoms with Gasteiger partial charge in [-0.05, 0) is 39.2 Å². The van der Waals surface area contributed by atoms with E-state index in [4.69, 9.17) is 4.74 Å². The van der Waals surface area contributed by atoms with Crippen molar-refractivity contribution in [3.63, 3.8) is 0 Å². The van der Waals surface area contributed by atoms with Gasteiger partial charge >= 0.3 is 0 Å². The van der Waals surface area contributed by atoms with Crippen LogP contribution in [0.15, 0.2) is 23.2 Å². The topological polar surface area (TPSA) is 91.8 Å². The van der Waals surface area contributed by atoms with Gasteiger partial charge in [-0.3, -0.25) is 4.99 Å². The number of benzene rings is 1. The molecule has 1 fully saturated rings. The van der Waals surface area contributed by atoms with Crippen molar-refractivity contribution in [2.75, 3.05) is 32.0 Å². The predicted molar refractivity (Wildman–Crippen MR) is 125 cm³/mol. The fraction of sp³-hybridized carbons (Fsp3) is 0.632. The molecule has 2 atom stereocenters. The van der Waals surface area contributed by atoms with Gasteiger partial charge in [-0.15, -0.1) is 24.0 Å². The molecular formula is C19H31F2IN4O3S. The maximum Gasteiger partial charge on any atom is 0.213 e. The molecule has 1 aromatic rings. The summed E-state index contributed by atoms with van der Waals surface area (Å²) in [5.74, 6) is -1.11. The van der Waals surface area contributed by atoms with Gasteiger partial charge in [-0.2, -0.15) is 0 Å². The quantitative estimate of drug-likeness (QED) is 0.246. The van der Waals surface area contributed by atoms with E-state index in [0.29, 0.717) is 24.7 Å². The van der Waals surface area contributed by atoms with Crippen LogP contribution in [0.3, 0.4) is 0 Å². The van der Waals surface area contributed by atoms with E-state index in [0.717, 1.165) is 25.3 Å². The fourth-order valence-corrected chi connectivity index (χ4v) is 3.91. The lowest BCUT2D eigenvalue weighted by Crippen LogP contribution is -2.40. The first-order valence-electron chi connectivity index (χ1n) is 9.89. The number of ether oxygens (including phenoxy) is 1. The van der Waals surface area contributed by atoms with Gasteiger partial charge in [0.15, 0.2) is 5.96 Å². The third-order valence-electron chi connectivity index (χ3n) is 4.56. The van der Waals surface area contributed by atoms with Gasteiger partial charge in [0, 0.05) is 31.3 Å². The molecule has 2 rings (SSSR count). The number of nitrogens with zero attached hydrogens (tertiary/aromatic N) is 1. The third-order valence-corrected chi connectivity index (χ3v) is 5.89. The van der Waals surface area contributed by atoms with Gasteiger partial charge in [-0.25, -0.2) is 21.9 Å². The number of rotatable bonds is 9. The molecule has 1 aromatic carbocycles. The molecule has 0 amide bonds. The third kappa shape index (κ3) is 9.40. The van der Waals surface area contributed by atoms with Crippen molar-refractivity contribution in [3.05, 3.63) is 35.4 Å². The zero-order valence-electron chi connectivity index (χ0n) is 17.3. The Morgan fingerprint density at radius 1 is 1.33 bits per heavy atom. The van der Waals surface area contributed by atoms with Gasteiger partial charge in [-0.1, -0.05) is 6.07 Å². The van der Waals surface area contributed by atoms with Crippen LogP contribution in [0.4, 0.5) is 8.78 Å². The Morgan fingerprint density at radius 2 is 2.10 bits per heavy atom. The Hall–Kier alpha value is -1.05. The van der Waals surface area contributed by atoms with E-state index >= 15 is 0 Å². The Labute approximate surface area is 194 Å². The molecule has 2 unspecified atom stereocenters. The van der Waals surface area contributed by atoms with Crippen LogP contribution < -0.4 is 15.4 Å². The van der Waals surface area contributed by atoms with Crippen LogP contribution in [0.5, 0.6) is 0 Å². The molecule has 11 heteroatoms. The first-order valence-corrected chi connectivity index (χ1v) is 11.5. The van der Waals surface area contributed by atoms with Gasteiger partial charge in [0.05, 0.1) is 24.4 Å². The highest BCUT2D eigenvalue weighted by Crippen LogP contribution is 2.17. The monoisotopic (exact) mass is 560 g/mol. The minimum Gasteiger partial charge on any atom is -0.377 e. The summed E-state index contributed by atoms with van der Waals surface area (Å²) in [7, 11) is -3.48. The molecule has 0 saturated carbocycles. The van der Waals surface area contributed by atoms with Crippen molar-refractivity contribution < 1.29 is 21.9 Å². The summed E-state index contributed by atoms with van der Waals surface area (Å²) in [5, 5.41) is 6.00. The normalized spacial score (nSPS) is 18.4. The molecule has 0 radical (unpaired) electrons. The molecule has 3 N–H and O–H groups in total. The first kappa shape index (κ1) is 27.0. The number of hydrogen-bond donors (Lipinski definition) is 3. The largest absolute Gasteiger partial charge is 0.377 e. The van der Waals surface area contributed by atoms with Gasteiger partial charge in [0.1, 0.15) is 11.6 Å². The summed E-state index contributed by atoms with van der Waals surface area (Å²) < 4.78 is 59.5. The number of hydrogen-bond acceptors (Lipinski definition) is 4. The van der Waals surface area contributed by atoms with E-state index in [9.17, 15) is 17.2 Å². The lowest BCUT2D eigenvalue weighted by Gasteiger charge is -2.22. The minimum absolute atomic E-state index is 0. The zero-order chi connectivity index (χ0) is 21.3. The average Bonchev–Trinajstić information content (AvgIpc) is 2.67. The van der Waals surface area contributed by atoms with Crippen LogP contribution in [0.25, 0.3) is 0 Å². The second kappa shape index (κ2) is 13.4. The van der Waals surface area contributed by atoms with Crippen LogP contribution >= 0.6 is 24.0 Å². The Kier molecular flexibility index (Phi) is 12.0. The summed E-state index contributed by atoms with van der Waals surface area (Å²) in [6, 6.07) is 2.90. The van der Waals surface area contributed by atoms with E-state index in [1.165, 1.54) is 12.1 Å². The van der Waals surface area contributed by atoms with E-state index in [2.05, 4.69) is 20.3 Å². The zero-order valence-corrected chi connectivity index (χ0v) is 20.4. The highest BCUT2D eigenvalue weighted by molar-refractivity contribution is 14.0. The molecular weight excluding hydrogens is 529 g/mol. The van der Waals surface area contributed by atoms with Crippen LogP contribution in [-0.2, 0) is 14.8 Å². The maximum atomic E-state index is 13.9. The molecule has 172 valence electrons. The molecule has 0 aromatic heterocycles. The molecule has 1 aliphatic heterocycles.